The molecule has 0 saturated heterocycles. The van der Waals surface area contributed by atoms with E-state index >= 15 is 0 Å². The van der Waals surface area contributed by atoms with E-state index in [-0.39, 0.29) is 18.5 Å². The summed E-state index contributed by atoms with van der Waals surface area (Å²) in [6, 6.07) is 16.2. The van der Waals surface area contributed by atoms with Crippen molar-refractivity contribution < 1.29 is 14.3 Å². The first-order valence-corrected chi connectivity index (χ1v) is 7.84. The summed E-state index contributed by atoms with van der Waals surface area (Å²) in [4.78, 5) is 23.5. The average Bonchev–Trinajstić information content (AvgIpc) is 3.39. The number of amides is 3. The minimum absolute atomic E-state index is 0.0617. The molecule has 1 aliphatic rings. The number of nitrogens with one attached hydrogen (secondary N) is 3. The fraction of sp³-hybridized carbons (Fsp3) is 0.222. The number of para-hydroxylation sites is 1. The van der Waals surface area contributed by atoms with Crippen LogP contribution >= 0.6 is 0 Å². The molecule has 0 aromatic heterocycles. The molecule has 2 aromatic rings. The van der Waals surface area contributed by atoms with Crippen LogP contribution in [-0.2, 0) is 4.79 Å². The van der Waals surface area contributed by atoms with Gasteiger partial charge in [0.05, 0.1) is 0 Å². The van der Waals surface area contributed by atoms with Crippen LogP contribution in [0.25, 0.3) is 0 Å². The van der Waals surface area contributed by atoms with Crippen molar-refractivity contribution in [3.63, 3.8) is 0 Å². The van der Waals surface area contributed by atoms with Gasteiger partial charge in [-0.3, -0.25) is 4.79 Å². The van der Waals surface area contributed by atoms with Crippen LogP contribution in [0, 0.1) is 0 Å². The highest BCUT2D eigenvalue weighted by molar-refractivity contribution is 5.93. The molecular formula is C18H19N3O3. The molecule has 1 saturated carbocycles. The van der Waals surface area contributed by atoms with Crippen LogP contribution in [0.4, 0.5) is 16.2 Å². The lowest BCUT2D eigenvalue weighted by atomic mass is 10.3. The third-order valence-electron chi connectivity index (χ3n) is 3.45. The molecule has 0 atom stereocenters. The first kappa shape index (κ1) is 15.9. The number of urea groups is 1. The second-order valence-corrected chi connectivity index (χ2v) is 5.60. The van der Waals surface area contributed by atoms with E-state index in [1.807, 2.05) is 18.2 Å². The van der Waals surface area contributed by atoms with Gasteiger partial charge in [0.1, 0.15) is 5.75 Å². The topological polar surface area (TPSA) is 79.5 Å². The molecule has 0 spiro atoms. The number of hydrogen-bond acceptors (Lipinski definition) is 3. The number of anilines is 2. The van der Waals surface area contributed by atoms with Crippen molar-refractivity contribution in [3.05, 3.63) is 54.6 Å². The largest absolute Gasteiger partial charge is 0.484 e. The standard InChI is InChI=1S/C18H19N3O3/c22-17(12-24-16-4-2-1-3-5-16)19-13-6-8-14(9-7-13)20-18(23)21-15-10-11-15/h1-9,15H,10-12H2,(H,19,22)(H2,20,21,23). The summed E-state index contributed by atoms with van der Waals surface area (Å²) in [5.74, 6) is 0.403. The lowest BCUT2D eigenvalue weighted by Crippen LogP contribution is -2.30. The Kier molecular flexibility index (Phi) is 4.96. The van der Waals surface area contributed by atoms with Crippen LogP contribution < -0.4 is 20.7 Å². The third kappa shape index (κ3) is 5.01. The maximum absolute atomic E-state index is 11.9. The van der Waals surface area contributed by atoms with Gasteiger partial charge >= 0.3 is 6.03 Å². The molecule has 6 heteroatoms. The van der Waals surface area contributed by atoms with E-state index in [1.54, 1.807) is 36.4 Å². The van der Waals surface area contributed by atoms with Crippen molar-refractivity contribution in [2.45, 2.75) is 18.9 Å². The minimum atomic E-state index is -0.244. The van der Waals surface area contributed by atoms with E-state index in [1.165, 1.54) is 0 Å². The summed E-state index contributed by atoms with van der Waals surface area (Å²) in [7, 11) is 0. The highest BCUT2D eigenvalue weighted by Gasteiger charge is 2.23. The molecular weight excluding hydrogens is 306 g/mol. The quantitative estimate of drug-likeness (QED) is 0.764. The van der Waals surface area contributed by atoms with E-state index in [4.69, 9.17) is 4.74 Å². The average molecular weight is 325 g/mol. The number of carbonyl (C=O) groups is 2. The number of carbonyl (C=O) groups excluding carboxylic acids is 2. The van der Waals surface area contributed by atoms with Crippen LogP contribution in [-0.4, -0.2) is 24.6 Å². The van der Waals surface area contributed by atoms with Gasteiger partial charge in [-0.2, -0.15) is 0 Å². The molecule has 0 unspecified atom stereocenters. The van der Waals surface area contributed by atoms with Crippen LogP contribution in [0.2, 0.25) is 0 Å². The fourth-order valence-electron chi connectivity index (χ4n) is 2.08. The van der Waals surface area contributed by atoms with Gasteiger partial charge in [0.2, 0.25) is 0 Å². The zero-order chi connectivity index (χ0) is 16.8. The van der Waals surface area contributed by atoms with Crippen molar-refractivity contribution in [2.24, 2.45) is 0 Å². The summed E-state index contributed by atoms with van der Waals surface area (Å²) in [5, 5.41) is 8.34. The van der Waals surface area contributed by atoms with Crippen molar-refractivity contribution >= 4 is 23.3 Å². The lowest BCUT2D eigenvalue weighted by Gasteiger charge is -2.09. The predicted molar refractivity (Wildman–Crippen MR) is 92.2 cm³/mol. The summed E-state index contributed by atoms with van der Waals surface area (Å²) in [6.07, 6.45) is 2.09. The summed E-state index contributed by atoms with van der Waals surface area (Å²) in [5.41, 5.74) is 1.32. The second kappa shape index (κ2) is 7.50. The Morgan fingerprint density at radius 2 is 1.54 bits per heavy atom. The number of benzene rings is 2. The molecule has 1 aliphatic carbocycles. The second-order valence-electron chi connectivity index (χ2n) is 5.60. The van der Waals surface area contributed by atoms with E-state index in [0.29, 0.717) is 23.2 Å². The molecule has 0 radical (unpaired) electrons. The fourth-order valence-corrected chi connectivity index (χ4v) is 2.08. The van der Waals surface area contributed by atoms with Gasteiger partial charge < -0.3 is 20.7 Å². The normalized spacial score (nSPS) is 13.0. The maximum atomic E-state index is 11.9. The Hall–Kier alpha value is -3.02. The number of hydrogen-bond donors (Lipinski definition) is 3. The molecule has 2 aromatic carbocycles. The number of ether oxygens (including phenoxy) is 1. The predicted octanol–water partition coefficient (Wildman–Crippen LogP) is 2.99. The van der Waals surface area contributed by atoms with Crippen LogP contribution in [0.1, 0.15) is 12.8 Å². The van der Waals surface area contributed by atoms with Gasteiger partial charge in [0.25, 0.3) is 5.91 Å². The first-order chi connectivity index (χ1) is 11.7. The monoisotopic (exact) mass is 325 g/mol. The van der Waals surface area contributed by atoms with Crippen LogP contribution in [0.5, 0.6) is 5.75 Å². The molecule has 0 bridgehead atoms. The van der Waals surface area contributed by atoms with Crippen molar-refractivity contribution in [3.8, 4) is 5.75 Å². The molecule has 24 heavy (non-hydrogen) atoms. The third-order valence-corrected chi connectivity index (χ3v) is 3.45. The molecule has 0 heterocycles. The summed E-state index contributed by atoms with van der Waals surface area (Å²) < 4.78 is 5.38. The van der Waals surface area contributed by atoms with E-state index < -0.39 is 0 Å². The van der Waals surface area contributed by atoms with Crippen molar-refractivity contribution in [1.29, 1.82) is 0 Å². The zero-order valence-electron chi connectivity index (χ0n) is 13.1. The van der Waals surface area contributed by atoms with Gasteiger partial charge in [0, 0.05) is 17.4 Å². The van der Waals surface area contributed by atoms with Gasteiger partial charge in [-0.15, -0.1) is 0 Å². The highest BCUT2D eigenvalue weighted by atomic mass is 16.5. The van der Waals surface area contributed by atoms with E-state index in [2.05, 4.69) is 16.0 Å². The van der Waals surface area contributed by atoms with Gasteiger partial charge in [-0.25, -0.2) is 4.79 Å². The molecule has 124 valence electrons. The van der Waals surface area contributed by atoms with Crippen LogP contribution in [0.15, 0.2) is 54.6 Å². The van der Waals surface area contributed by atoms with Gasteiger partial charge in [-0.1, -0.05) is 18.2 Å². The van der Waals surface area contributed by atoms with E-state index in [0.717, 1.165) is 12.8 Å². The maximum Gasteiger partial charge on any atom is 0.319 e. The molecule has 3 rings (SSSR count). The SMILES string of the molecule is O=C(COc1ccccc1)Nc1ccc(NC(=O)NC2CC2)cc1. The summed E-state index contributed by atoms with van der Waals surface area (Å²) >= 11 is 0. The molecule has 0 aliphatic heterocycles. The molecule has 3 N–H and O–H groups in total. The Balaban J connectivity index is 1.44. The van der Waals surface area contributed by atoms with Crippen molar-refractivity contribution in [2.75, 3.05) is 17.2 Å². The van der Waals surface area contributed by atoms with Crippen LogP contribution in [0.3, 0.4) is 0 Å². The number of rotatable bonds is 6. The molecule has 6 nitrogen and oxygen atoms in total. The van der Waals surface area contributed by atoms with E-state index in [9.17, 15) is 9.59 Å². The Morgan fingerprint density at radius 3 is 2.17 bits per heavy atom. The molecule has 3 amide bonds. The Labute approximate surface area is 140 Å². The van der Waals surface area contributed by atoms with Crippen molar-refractivity contribution in [1.82, 2.24) is 5.32 Å². The highest BCUT2D eigenvalue weighted by Crippen LogP contribution is 2.19. The smallest absolute Gasteiger partial charge is 0.319 e. The van der Waals surface area contributed by atoms with Gasteiger partial charge in [-0.05, 0) is 49.2 Å². The zero-order valence-corrected chi connectivity index (χ0v) is 13.1. The Bertz CT molecular complexity index is 697. The molecule has 1 fully saturated rings. The van der Waals surface area contributed by atoms with Gasteiger partial charge in [0.15, 0.2) is 6.61 Å². The Morgan fingerprint density at radius 1 is 0.917 bits per heavy atom. The lowest BCUT2D eigenvalue weighted by molar-refractivity contribution is -0.118. The first-order valence-electron chi connectivity index (χ1n) is 7.84. The minimum Gasteiger partial charge on any atom is -0.484 e. The summed E-state index contributed by atoms with van der Waals surface area (Å²) in [6.45, 7) is -0.0617.